The molecule has 1 heterocycles. The van der Waals surface area contributed by atoms with Crippen LogP contribution in [0.1, 0.15) is 26.3 Å². The van der Waals surface area contributed by atoms with Crippen LogP contribution in [0.2, 0.25) is 0 Å². The van der Waals surface area contributed by atoms with Gasteiger partial charge in [0.05, 0.1) is 11.6 Å². The zero-order valence-corrected chi connectivity index (χ0v) is 17.2. The summed E-state index contributed by atoms with van der Waals surface area (Å²) >= 11 is 0. The van der Waals surface area contributed by atoms with E-state index in [4.69, 9.17) is 9.15 Å². The maximum atomic E-state index is 14.7. The molecule has 1 amide bonds. The van der Waals surface area contributed by atoms with Crippen molar-refractivity contribution in [3.05, 3.63) is 58.3 Å². The number of benzene rings is 2. The highest BCUT2D eigenvalue weighted by atomic mass is 19.1. The highest BCUT2D eigenvalue weighted by Crippen LogP contribution is 2.26. The quantitative estimate of drug-likeness (QED) is 0.702. The number of ether oxygens (including phenoxy) is 1. The number of aromatic nitrogens is 1. The molecule has 1 N–H and O–H groups in total. The highest BCUT2D eigenvalue weighted by Gasteiger charge is 2.20. The molecule has 0 aliphatic rings. The van der Waals surface area contributed by atoms with Gasteiger partial charge >= 0.3 is 11.8 Å². The Morgan fingerprint density at radius 2 is 1.93 bits per heavy atom. The van der Waals surface area contributed by atoms with Crippen molar-refractivity contribution in [1.82, 2.24) is 9.88 Å². The molecule has 3 rings (SSSR count). The number of carbonyl (C=O) groups is 1. The molecule has 1 atom stereocenters. The van der Waals surface area contributed by atoms with Gasteiger partial charge in [0.25, 0.3) is 0 Å². The summed E-state index contributed by atoms with van der Waals surface area (Å²) in [6.45, 7) is 5.14. The molecule has 0 bridgehead atoms. The lowest BCUT2D eigenvalue weighted by atomic mass is 10.00. The smallest absolute Gasteiger partial charge is 0.419 e. The van der Waals surface area contributed by atoms with Crippen LogP contribution in [0.3, 0.4) is 0 Å². The van der Waals surface area contributed by atoms with Gasteiger partial charge in [-0.3, -0.25) is 4.57 Å². The minimum atomic E-state index is -0.933. The number of nitriles is 1. The molecule has 8 heteroatoms. The van der Waals surface area contributed by atoms with Gasteiger partial charge in [-0.2, -0.15) is 5.26 Å². The molecular weight excluding hydrogens is 389 g/mol. The van der Waals surface area contributed by atoms with E-state index in [0.717, 1.165) is 0 Å². The molecule has 0 saturated carbocycles. The molecule has 0 spiro atoms. The summed E-state index contributed by atoms with van der Waals surface area (Å²) in [7, 11) is 1.60. The van der Waals surface area contributed by atoms with Gasteiger partial charge in [-0.05, 0) is 55.7 Å². The normalized spacial score (nSPS) is 12.4. The Balaban J connectivity index is 1.79. The van der Waals surface area contributed by atoms with E-state index in [1.165, 1.54) is 10.6 Å². The van der Waals surface area contributed by atoms with Crippen molar-refractivity contribution in [3.63, 3.8) is 0 Å². The topological polar surface area (TPSA) is 97.3 Å². The molecule has 2 aromatic carbocycles. The van der Waals surface area contributed by atoms with Crippen LogP contribution >= 0.6 is 0 Å². The molecular formula is C22H22FN3O4. The van der Waals surface area contributed by atoms with Gasteiger partial charge in [-0.15, -0.1) is 0 Å². The number of amides is 1. The molecule has 1 aromatic heterocycles. The van der Waals surface area contributed by atoms with Crippen LogP contribution in [0.25, 0.3) is 22.2 Å². The predicted octanol–water partition coefficient (Wildman–Crippen LogP) is 3.90. The molecule has 0 aliphatic heterocycles. The third-order valence-corrected chi connectivity index (χ3v) is 4.45. The van der Waals surface area contributed by atoms with Gasteiger partial charge in [0.2, 0.25) is 0 Å². The number of nitrogens with one attached hydrogen (secondary N) is 1. The van der Waals surface area contributed by atoms with Gasteiger partial charge in [-0.25, -0.2) is 14.0 Å². The maximum Gasteiger partial charge on any atom is 0.419 e. The van der Waals surface area contributed by atoms with E-state index in [1.807, 2.05) is 6.07 Å². The first kappa shape index (κ1) is 21.1. The molecule has 0 saturated heterocycles. The minimum absolute atomic E-state index is 0.00285. The monoisotopic (exact) mass is 411 g/mol. The SMILES string of the molecule is Cn1c(=O)oc2ccc(-c3ccc(CC(C#N)NC(=O)OC(C)(C)C)c(F)c3)cc21. The fraction of sp³-hybridized carbons (Fsp3) is 0.318. The fourth-order valence-corrected chi connectivity index (χ4v) is 3.00. The van der Waals surface area contributed by atoms with Crippen LogP contribution in [0, 0.1) is 17.1 Å². The second-order valence-electron chi connectivity index (χ2n) is 7.95. The van der Waals surface area contributed by atoms with Crippen LogP contribution in [0.15, 0.2) is 45.6 Å². The summed E-state index contributed by atoms with van der Waals surface area (Å²) in [6, 6.07) is 10.8. The molecule has 0 radical (unpaired) electrons. The number of hydrogen-bond donors (Lipinski definition) is 1. The van der Waals surface area contributed by atoms with Crippen molar-refractivity contribution in [2.75, 3.05) is 0 Å². The average Bonchev–Trinajstić information content (AvgIpc) is 2.94. The van der Waals surface area contributed by atoms with E-state index in [1.54, 1.807) is 58.2 Å². The number of nitrogens with zero attached hydrogens (tertiary/aromatic N) is 2. The number of aryl methyl sites for hydroxylation is 1. The lowest BCUT2D eigenvalue weighted by Gasteiger charge is -2.21. The van der Waals surface area contributed by atoms with Crippen molar-refractivity contribution in [2.24, 2.45) is 7.05 Å². The molecule has 0 aliphatic carbocycles. The Labute approximate surface area is 172 Å². The van der Waals surface area contributed by atoms with Crippen LogP contribution < -0.4 is 11.1 Å². The molecule has 1 unspecified atom stereocenters. The largest absolute Gasteiger partial charge is 0.444 e. The molecule has 0 fully saturated rings. The first-order valence-corrected chi connectivity index (χ1v) is 9.35. The second kappa shape index (κ2) is 8.03. The summed E-state index contributed by atoms with van der Waals surface area (Å²) in [4.78, 5) is 23.5. The van der Waals surface area contributed by atoms with E-state index < -0.39 is 29.3 Å². The van der Waals surface area contributed by atoms with Crippen molar-refractivity contribution < 1.29 is 18.3 Å². The van der Waals surface area contributed by atoms with Crippen LogP contribution in [0.5, 0.6) is 0 Å². The Kier molecular flexibility index (Phi) is 5.65. The van der Waals surface area contributed by atoms with Crippen molar-refractivity contribution >= 4 is 17.2 Å². The zero-order chi connectivity index (χ0) is 22.1. The number of hydrogen-bond acceptors (Lipinski definition) is 5. The number of fused-ring (bicyclic) bond motifs is 1. The summed E-state index contributed by atoms with van der Waals surface area (Å²) in [5.41, 5.74) is 1.98. The third kappa shape index (κ3) is 4.69. The molecule has 3 aromatic rings. The Bertz CT molecular complexity index is 1200. The Hall–Kier alpha value is -3.60. The van der Waals surface area contributed by atoms with Crippen molar-refractivity contribution in [2.45, 2.75) is 38.8 Å². The average molecular weight is 411 g/mol. The van der Waals surface area contributed by atoms with Gasteiger partial charge in [-0.1, -0.05) is 18.2 Å². The highest BCUT2D eigenvalue weighted by molar-refractivity contribution is 5.80. The number of rotatable bonds is 4. The molecule has 30 heavy (non-hydrogen) atoms. The second-order valence-corrected chi connectivity index (χ2v) is 7.95. The summed E-state index contributed by atoms with van der Waals surface area (Å²) < 4.78 is 26.3. The maximum absolute atomic E-state index is 14.7. The zero-order valence-electron chi connectivity index (χ0n) is 17.2. The summed E-state index contributed by atoms with van der Waals surface area (Å²) in [5, 5.41) is 11.7. The van der Waals surface area contributed by atoms with E-state index in [0.29, 0.717) is 22.2 Å². The minimum Gasteiger partial charge on any atom is -0.444 e. The lowest BCUT2D eigenvalue weighted by molar-refractivity contribution is 0.0515. The van der Waals surface area contributed by atoms with Crippen LogP contribution in [-0.4, -0.2) is 22.3 Å². The standard InChI is InChI=1S/C22H22FN3O4/c1-22(2,3)30-20(27)25-16(12-24)9-15-6-5-13(10-17(15)23)14-7-8-19-18(11-14)26(4)21(28)29-19/h5-8,10-11,16H,9H2,1-4H3,(H,25,27). The van der Waals surface area contributed by atoms with E-state index in [-0.39, 0.29) is 12.0 Å². The van der Waals surface area contributed by atoms with Crippen molar-refractivity contribution in [1.29, 1.82) is 5.26 Å². The molecule has 156 valence electrons. The predicted molar refractivity (Wildman–Crippen MR) is 109 cm³/mol. The van der Waals surface area contributed by atoms with Gasteiger partial charge in [0.15, 0.2) is 5.58 Å². The van der Waals surface area contributed by atoms with Crippen molar-refractivity contribution in [3.8, 4) is 17.2 Å². The number of carbonyl (C=O) groups excluding carboxylic acids is 1. The fourth-order valence-electron chi connectivity index (χ4n) is 3.00. The summed E-state index contributed by atoms with van der Waals surface area (Å²) in [6.07, 6.45) is -0.734. The Morgan fingerprint density at radius 3 is 2.57 bits per heavy atom. The Morgan fingerprint density at radius 1 is 1.27 bits per heavy atom. The lowest BCUT2D eigenvalue weighted by Crippen LogP contribution is -2.39. The van der Waals surface area contributed by atoms with Crippen LogP contribution in [-0.2, 0) is 18.2 Å². The van der Waals surface area contributed by atoms with E-state index >= 15 is 0 Å². The van der Waals surface area contributed by atoms with Gasteiger partial charge in [0.1, 0.15) is 17.5 Å². The number of halogens is 1. The van der Waals surface area contributed by atoms with Crippen LogP contribution in [0.4, 0.5) is 9.18 Å². The first-order valence-electron chi connectivity index (χ1n) is 9.35. The summed E-state index contributed by atoms with van der Waals surface area (Å²) in [5.74, 6) is -0.969. The van der Waals surface area contributed by atoms with Gasteiger partial charge < -0.3 is 14.5 Å². The number of alkyl carbamates (subject to hydrolysis) is 1. The number of oxazole rings is 1. The van der Waals surface area contributed by atoms with E-state index in [2.05, 4.69) is 5.32 Å². The molecule has 7 nitrogen and oxygen atoms in total. The third-order valence-electron chi connectivity index (χ3n) is 4.45. The first-order chi connectivity index (χ1) is 14.1. The van der Waals surface area contributed by atoms with Gasteiger partial charge in [0, 0.05) is 13.5 Å². The van der Waals surface area contributed by atoms with E-state index in [9.17, 15) is 19.2 Å².